The number of nitro benzene ring substituents is 1. The molecular formula is C12H17NO4. The van der Waals surface area contributed by atoms with Crippen molar-refractivity contribution in [1.29, 1.82) is 0 Å². The summed E-state index contributed by atoms with van der Waals surface area (Å²) in [6.45, 7) is 2.28. The molecule has 0 spiro atoms. The molecule has 1 atom stereocenters. The summed E-state index contributed by atoms with van der Waals surface area (Å²) < 4.78 is 5.33. The Morgan fingerprint density at radius 1 is 1.41 bits per heavy atom. The number of nitrogens with zero attached hydrogens (tertiary/aromatic N) is 1. The Morgan fingerprint density at radius 2 is 2.06 bits per heavy atom. The Hall–Kier alpha value is -1.62. The number of aliphatic hydroxyl groups is 1. The second kappa shape index (κ2) is 6.85. The van der Waals surface area contributed by atoms with Gasteiger partial charge in [0.05, 0.1) is 11.0 Å². The summed E-state index contributed by atoms with van der Waals surface area (Å²) in [7, 11) is 0. The highest BCUT2D eigenvalue weighted by Gasteiger charge is 2.07. The number of non-ortho nitro benzene ring substituents is 1. The molecular weight excluding hydrogens is 222 g/mol. The van der Waals surface area contributed by atoms with Crippen LogP contribution >= 0.6 is 0 Å². The van der Waals surface area contributed by atoms with Gasteiger partial charge in [0, 0.05) is 12.1 Å². The maximum Gasteiger partial charge on any atom is 0.269 e. The Bertz CT molecular complexity index is 350. The smallest absolute Gasteiger partial charge is 0.269 e. The maximum absolute atomic E-state index is 10.4. The van der Waals surface area contributed by atoms with E-state index in [9.17, 15) is 15.2 Å². The lowest BCUT2D eigenvalue weighted by Gasteiger charge is -2.11. The molecule has 1 N–H and O–H groups in total. The molecule has 0 saturated carbocycles. The van der Waals surface area contributed by atoms with Gasteiger partial charge in [-0.15, -0.1) is 0 Å². The molecule has 0 aliphatic carbocycles. The van der Waals surface area contributed by atoms with E-state index in [1.54, 1.807) is 0 Å². The van der Waals surface area contributed by atoms with Crippen molar-refractivity contribution in [2.45, 2.75) is 32.3 Å². The van der Waals surface area contributed by atoms with Gasteiger partial charge in [0.25, 0.3) is 5.69 Å². The molecule has 5 heteroatoms. The van der Waals surface area contributed by atoms with Crippen molar-refractivity contribution in [3.05, 3.63) is 34.4 Å². The van der Waals surface area contributed by atoms with Crippen LogP contribution in [0.3, 0.4) is 0 Å². The minimum atomic E-state index is -0.481. The van der Waals surface area contributed by atoms with Gasteiger partial charge in [-0.25, -0.2) is 0 Å². The van der Waals surface area contributed by atoms with Gasteiger partial charge in [-0.2, -0.15) is 0 Å². The fraction of sp³-hybridized carbons (Fsp3) is 0.500. The molecule has 0 amide bonds. The van der Waals surface area contributed by atoms with E-state index in [0.29, 0.717) is 12.2 Å². The molecule has 0 aromatic heterocycles. The largest absolute Gasteiger partial charge is 0.491 e. The Labute approximate surface area is 100 Å². The highest BCUT2D eigenvalue weighted by Crippen LogP contribution is 2.17. The zero-order valence-corrected chi connectivity index (χ0v) is 9.83. The molecule has 1 aromatic carbocycles. The molecule has 0 bridgehead atoms. The number of hydrogen-bond donors (Lipinski definition) is 1. The third-order valence-electron chi connectivity index (χ3n) is 2.38. The minimum Gasteiger partial charge on any atom is -0.491 e. The van der Waals surface area contributed by atoms with Crippen LogP contribution in [0.1, 0.15) is 26.2 Å². The SMILES string of the molecule is CCCC[C@H](O)COc1ccc([N+](=O)[O-])cc1. The topological polar surface area (TPSA) is 72.6 Å². The highest BCUT2D eigenvalue weighted by atomic mass is 16.6. The van der Waals surface area contributed by atoms with Gasteiger partial charge in [0.1, 0.15) is 12.4 Å². The zero-order valence-electron chi connectivity index (χ0n) is 9.83. The van der Waals surface area contributed by atoms with Gasteiger partial charge in [0.2, 0.25) is 0 Å². The summed E-state index contributed by atoms with van der Waals surface area (Å²) in [5.41, 5.74) is 0.0314. The van der Waals surface area contributed by atoms with E-state index in [1.807, 2.05) is 0 Å². The van der Waals surface area contributed by atoms with Crippen molar-refractivity contribution in [2.75, 3.05) is 6.61 Å². The first-order valence-electron chi connectivity index (χ1n) is 5.68. The van der Waals surface area contributed by atoms with Crippen LogP contribution in [0.5, 0.6) is 5.75 Å². The number of aliphatic hydroxyl groups excluding tert-OH is 1. The molecule has 0 heterocycles. The van der Waals surface area contributed by atoms with Crippen molar-refractivity contribution in [1.82, 2.24) is 0 Å². The zero-order chi connectivity index (χ0) is 12.7. The van der Waals surface area contributed by atoms with Crippen molar-refractivity contribution in [3.63, 3.8) is 0 Å². The van der Waals surface area contributed by atoms with Crippen molar-refractivity contribution in [3.8, 4) is 5.75 Å². The molecule has 94 valence electrons. The minimum absolute atomic E-state index is 0.0314. The Morgan fingerprint density at radius 3 is 2.59 bits per heavy atom. The summed E-state index contributed by atoms with van der Waals surface area (Å²) in [5.74, 6) is 0.533. The monoisotopic (exact) mass is 239 g/mol. The number of unbranched alkanes of at least 4 members (excludes halogenated alkanes) is 1. The fourth-order valence-corrected chi connectivity index (χ4v) is 1.38. The number of benzene rings is 1. The van der Waals surface area contributed by atoms with Gasteiger partial charge in [0.15, 0.2) is 0 Å². The number of nitro groups is 1. The van der Waals surface area contributed by atoms with E-state index in [2.05, 4.69) is 6.92 Å². The van der Waals surface area contributed by atoms with E-state index >= 15 is 0 Å². The van der Waals surface area contributed by atoms with Crippen LogP contribution in [0.2, 0.25) is 0 Å². The lowest BCUT2D eigenvalue weighted by atomic mass is 10.2. The normalized spacial score (nSPS) is 12.1. The summed E-state index contributed by atoms with van der Waals surface area (Å²) in [6.07, 6.45) is 2.23. The lowest BCUT2D eigenvalue weighted by Crippen LogP contribution is -2.17. The standard InChI is InChI=1S/C12H17NO4/c1-2-3-4-11(14)9-17-12-7-5-10(6-8-12)13(15)16/h5-8,11,14H,2-4,9H2,1H3/t11-/m0/s1. The van der Waals surface area contributed by atoms with Gasteiger partial charge < -0.3 is 9.84 Å². The van der Waals surface area contributed by atoms with Crippen LogP contribution in [0.4, 0.5) is 5.69 Å². The average Bonchev–Trinajstić information content (AvgIpc) is 2.34. The van der Waals surface area contributed by atoms with Gasteiger partial charge in [-0.1, -0.05) is 19.8 Å². The first kappa shape index (κ1) is 13.4. The highest BCUT2D eigenvalue weighted by molar-refractivity contribution is 5.35. The predicted molar refractivity (Wildman–Crippen MR) is 64.1 cm³/mol. The molecule has 1 aromatic rings. The summed E-state index contributed by atoms with van der Waals surface area (Å²) >= 11 is 0. The molecule has 1 rings (SSSR count). The molecule has 0 aliphatic rings. The predicted octanol–water partition coefficient (Wildman–Crippen LogP) is 2.52. The van der Waals surface area contributed by atoms with Crippen LogP contribution in [0.25, 0.3) is 0 Å². The van der Waals surface area contributed by atoms with Crippen molar-refractivity contribution in [2.24, 2.45) is 0 Å². The first-order valence-corrected chi connectivity index (χ1v) is 5.68. The number of rotatable bonds is 7. The maximum atomic E-state index is 10.4. The van der Waals surface area contributed by atoms with Crippen LogP contribution in [-0.2, 0) is 0 Å². The summed E-state index contributed by atoms with van der Waals surface area (Å²) in [4.78, 5) is 9.96. The van der Waals surface area contributed by atoms with E-state index in [1.165, 1.54) is 24.3 Å². The molecule has 0 unspecified atom stereocenters. The van der Waals surface area contributed by atoms with Crippen LogP contribution in [0.15, 0.2) is 24.3 Å². The first-order chi connectivity index (χ1) is 8.13. The molecule has 0 fully saturated rings. The second-order valence-electron chi connectivity index (χ2n) is 3.86. The van der Waals surface area contributed by atoms with Crippen LogP contribution < -0.4 is 4.74 Å². The molecule has 5 nitrogen and oxygen atoms in total. The van der Waals surface area contributed by atoms with Gasteiger partial charge in [-0.3, -0.25) is 10.1 Å². The fourth-order valence-electron chi connectivity index (χ4n) is 1.38. The lowest BCUT2D eigenvalue weighted by molar-refractivity contribution is -0.384. The third-order valence-corrected chi connectivity index (χ3v) is 2.38. The Kier molecular flexibility index (Phi) is 5.42. The van der Waals surface area contributed by atoms with Crippen molar-refractivity contribution < 1.29 is 14.8 Å². The summed E-state index contributed by atoms with van der Waals surface area (Å²) in [5, 5.41) is 20.0. The summed E-state index contributed by atoms with van der Waals surface area (Å²) in [6, 6.07) is 5.83. The molecule has 17 heavy (non-hydrogen) atoms. The van der Waals surface area contributed by atoms with Crippen molar-refractivity contribution >= 4 is 5.69 Å². The van der Waals surface area contributed by atoms with Gasteiger partial charge in [-0.05, 0) is 18.6 Å². The second-order valence-corrected chi connectivity index (χ2v) is 3.86. The number of hydrogen-bond acceptors (Lipinski definition) is 4. The number of ether oxygens (including phenoxy) is 1. The van der Waals surface area contributed by atoms with E-state index in [4.69, 9.17) is 4.74 Å². The third kappa shape index (κ3) is 4.82. The van der Waals surface area contributed by atoms with E-state index < -0.39 is 11.0 Å². The quantitative estimate of drug-likeness (QED) is 0.586. The van der Waals surface area contributed by atoms with Crippen LogP contribution in [-0.4, -0.2) is 22.7 Å². The van der Waals surface area contributed by atoms with E-state index in [0.717, 1.165) is 12.8 Å². The molecule has 0 saturated heterocycles. The van der Waals surface area contributed by atoms with Crippen LogP contribution in [0, 0.1) is 10.1 Å². The van der Waals surface area contributed by atoms with Gasteiger partial charge >= 0.3 is 0 Å². The van der Waals surface area contributed by atoms with E-state index in [-0.39, 0.29) is 12.3 Å². The molecule has 0 aliphatic heterocycles. The molecule has 0 radical (unpaired) electrons. The Balaban J connectivity index is 2.39. The average molecular weight is 239 g/mol.